The highest BCUT2D eigenvalue weighted by atomic mass is 32.2. The average molecular weight is 261 g/mol. The predicted molar refractivity (Wildman–Crippen MR) is 61.0 cm³/mol. The molecule has 0 spiro atoms. The van der Waals surface area contributed by atoms with E-state index in [1.54, 1.807) is 11.6 Å². The highest BCUT2D eigenvalue weighted by Crippen LogP contribution is 2.03. The Kier molecular flexibility index (Phi) is 4.46. The average Bonchev–Trinajstić information content (AvgIpc) is 2.71. The number of sulfonamides is 1. The molecule has 0 aliphatic carbocycles. The molecule has 96 valence electrons. The summed E-state index contributed by atoms with van der Waals surface area (Å²) in [5, 5.41) is 11.0. The molecule has 1 aromatic heterocycles. The molecule has 1 heterocycles. The standard InChI is InChI=1S/C8H15N5O3S/c1-13-5-8(10-6-13)17(15,16)11-4-2-3-7(9)12-14/h5-6,11,14H,2-4H2,1H3,(H2,9,12). The maximum absolute atomic E-state index is 11.7. The molecule has 0 saturated heterocycles. The van der Waals surface area contributed by atoms with Crippen molar-refractivity contribution in [3.05, 3.63) is 12.5 Å². The van der Waals surface area contributed by atoms with Crippen LogP contribution in [0.4, 0.5) is 0 Å². The van der Waals surface area contributed by atoms with Crippen LogP contribution in [0.25, 0.3) is 0 Å². The molecule has 0 unspecified atom stereocenters. The van der Waals surface area contributed by atoms with Crippen molar-refractivity contribution < 1.29 is 13.6 Å². The number of hydrogen-bond acceptors (Lipinski definition) is 5. The van der Waals surface area contributed by atoms with Gasteiger partial charge >= 0.3 is 0 Å². The second-order valence-electron chi connectivity index (χ2n) is 3.47. The summed E-state index contributed by atoms with van der Waals surface area (Å²) in [6, 6.07) is 0. The zero-order valence-corrected chi connectivity index (χ0v) is 10.2. The third-order valence-electron chi connectivity index (χ3n) is 1.99. The third-order valence-corrected chi connectivity index (χ3v) is 3.33. The summed E-state index contributed by atoms with van der Waals surface area (Å²) in [6.07, 6.45) is 3.58. The highest BCUT2D eigenvalue weighted by Gasteiger charge is 2.15. The van der Waals surface area contributed by atoms with Crippen LogP contribution in [0, 0.1) is 0 Å². The van der Waals surface area contributed by atoms with E-state index >= 15 is 0 Å². The van der Waals surface area contributed by atoms with Gasteiger partial charge in [-0.25, -0.2) is 18.1 Å². The van der Waals surface area contributed by atoms with Crippen LogP contribution in [0.15, 0.2) is 22.7 Å². The molecular formula is C8H15N5O3S. The quantitative estimate of drug-likeness (QED) is 0.204. The van der Waals surface area contributed by atoms with Crippen molar-refractivity contribution in [3.8, 4) is 0 Å². The molecule has 0 aromatic carbocycles. The first kappa shape index (κ1) is 13.5. The lowest BCUT2D eigenvalue weighted by molar-refractivity contribution is 0.316. The van der Waals surface area contributed by atoms with Crippen molar-refractivity contribution in [3.63, 3.8) is 0 Å². The monoisotopic (exact) mass is 261 g/mol. The van der Waals surface area contributed by atoms with Gasteiger partial charge in [-0.3, -0.25) is 0 Å². The largest absolute Gasteiger partial charge is 0.409 e. The van der Waals surface area contributed by atoms with Gasteiger partial charge in [0.25, 0.3) is 10.0 Å². The van der Waals surface area contributed by atoms with Crippen LogP contribution in [0.1, 0.15) is 12.8 Å². The molecule has 1 aromatic rings. The number of rotatable bonds is 6. The Hall–Kier alpha value is -1.61. The van der Waals surface area contributed by atoms with Crippen molar-refractivity contribution in [2.24, 2.45) is 17.9 Å². The fourth-order valence-corrected chi connectivity index (χ4v) is 2.18. The van der Waals surface area contributed by atoms with Gasteiger partial charge < -0.3 is 15.5 Å². The molecule has 0 bridgehead atoms. The fourth-order valence-electron chi connectivity index (χ4n) is 1.13. The number of oxime groups is 1. The van der Waals surface area contributed by atoms with E-state index in [-0.39, 0.29) is 17.4 Å². The lowest BCUT2D eigenvalue weighted by Crippen LogP contribution is -2.26. The summed E-state index contributed by atoms with van der Waals surface area (Å²) in [5.74, 6) is 0.0713. The van der Waals surface area contributed by atoms with Gasteiger partial charge in [0.1, 0.15) is 5.84 Å². The molecule has 0 radical (unpaired) electrons. The summed E-state index contributed by atoms with van der Waals surface area (Å²) in [6.45, 7) is 0.203. The van der Waals surface area contributed by atoms with Gasteiger partial charge in [0.15, 0.2) is 5.03 Å². The molecule has 0 aliphatic rings. The van der Waals surface area contributed by atoms with Gasteiger partial charge in [0, 0.05) is 26.2 Å². The smallest absolute Gasteiger partial charge is 0.259 e. The molecule has 17 heavy (non-hydrogen) atoms. The van der Waals surface area contributed by atoms with Crippen LogP contribution in [0.2, 0.25) is 0 Å². The van der Waals surface area contributed by atoms with E-state index in [1.165, 1.54) is 12.5 Å². The first-order chi connectivity index (χ1) is 7.95. The second-order valence-corrected chi connectivity index (χ2v) is 5.18. The molecule has 8 nitrogen and oxygen atoms in total. The van der Waals surface area contributed by atoms with Crippen molar-refractivity contribution in [2.75, 3.05) is 6.54 Å². The van der Waals surface area contributed by atoms with Crippen molar-refractivity contribution in [2.45, 2.75) is 17.9 Å². The Morgan fingerprint density at radius 3 is 2.94 bits per heavy atom. The number of aromatic nitrogens is 2. The number of aryl methyl sites for hydroxylation is 1. The van der Waals surface area contributed by atoms with E-state index in [4.69, 9.17) is 10.9 Å². The topological polar surface area (TPSA) is 123 Å². The molecular weight excluding hydrogens is 246 g/mol. The lowest BCUT2D eigenvalue weighted by Gasteiger charge is -2.03. The number of hydrogen-bond donors (Lipinski definition) is 3. The predicted octanol–water partition coefficient (Wildman–Crippen LogP) is -0.775. The van der Waals surface area contributed by atoms with Crippen molar-refractivity contribution in [1.82, 2.24) is 14.3 Å². The minimum Gasteiger partial charge on any atom is -0.409 e. The van der Waals surface area contributed by atoms with Crippen molar-refractivity contribution in [1.29, 1.82) is 0 Å². The molecule has 9 heteroatoms. The summed E-state index contributed by atoms with van der Waals surface area (Å²) in [7, 11) is -1.88. The van der Waals surface area contributed by atoms with Gasteiger partial charge in [0.05, 0.1) is 6.33 Å². The van der Waals surface area contributed by atoms with E-state index in [9.17, 15) is 8.42 Å². The Morgan fingerprint density at radius 2 is 2.41 bits per heavy atom. The van der Waals surface area contributed by atoms with Gasteiger partial charge in [-0.1, -0.05) is 5.16 Å². The summed E-state index contributed by atoms with van der Waals surface area (Å²) < 4.78 is 27.2. The zero-order valence-electron chi connectivity index (χ0n) is 9.37. The lowest BCUT2D eigenvalue weighted by atomic mass is 10.3. The van der Waals surface area contributed by atoms with Gasteiger partial charge in [-0.15, -0.1) is 0 Å². The minimum absolute atomic E-state index is 0.0243. The maximum Gasteiger partial charge on any atom is 0.259 e. The Balaban J connectivity index is 2.46. The Bertz CT molecular complexity index is 493. The van der Waals surface area contributed by atoms with Gasteiger partial charge in [0.2, 0.25) is 0 Å². The number of nitrogens with two attached hydrogens (primary N) is 1. The molecule has 4 N–H and O–H groups in total. The molecule has 0 saturated carbocycles. The van der Waals surface area contributed by atoms with Crippen LogP contribution in [-0.2, 0) is 17.1 Å². The normalized spacial score (nSPS) is 12.9. The summed E-state index contributed by atoms with van der Waals surface area (Å²) >= 11 is 0. The number of amidine groups is 1. The van der Waals surface area contributed by atoms with E-state index in [0.29, 0.717) is 12.8 Å². The number of imidazole rings is 1. The van der Waals surface area contributed by atoms with Crippen molar-refractivity contribution >= 4 is 15.9 Å². The fraction of sp³-hybridized carbons (Fsp3) is 0.500. The summed E-state index contributed by atoms with van der Waals surface area (Å²) in [4.78, 5) is 3.74. The molecule has 0 atom stereocenters. The molecule has 1 rings (SSSR count). The van der Waals surface area contributed by atoms with E-state index in [0.717, 1.165) is 0 Å². The molecule has 0 fully saturated rings. The maximum atomic E-state index is 11.7. The Morgan fingerprint density at radius 1 is 1.71 bits per heavy atom. The van der Waals surface area contributed by atoms with Crippen LogP contribution in [0.5, 0.6) is 0 Å². The van der Waals surface area contributed by atoms with Crippen LogP contribution in [0.3, 0.4) is 0 Å². The van der Waals surface area contributed by atoms with Crippen LogP contribution < -0.4 is 10.5 Å². The molecule has 0 aliphatic heterocycles. The first-order valence-corrected chi connectivity index (χ1v) is 6.38. The highest BCUT2D eigenvalue weighted by molar-refractivity contribution is 7.89. The van der Waals surface area contributed by atoms with E-state index < -0.39 is 10.0 Å². The third kappa shape index (κ3) is 4.04. The Labute approximate surface area is 99.2 Å². The summed E-state index contributed by atoms with van der Waals surface area (Å²) in [5.41, 5.74) is 5.24. The minimum atomic E-state index is -3.57. The SMILES string of the molecule is Cn1cnc(S(=O)(=O)NCCCC(N)=NO)c1. The van der Waals surface area contributed by atoms with E-state index in [1.807, 2.05) is 0 Å². The van der Waals surface area contributed by atoms with Gasteiger partial charge in [-0.05, 0) is 6.42 Å². The van der Waals surface area contributed by atoms with E-state index in [2.05, 4.69) is 14.9 Å². The zero-order chi connectivity index (χ0) is 12.9. The van der Waals surface area contributed by atoms with Crippen LogP contribution >= 0.6 is 0 Å². The number of nitrogens with zero attached hydrogens (tertiary/aromatic N) is 3. The van der Waals surface area contributed by atoms with Gasteiger partial charge in [-0.2, -0.15) is 0 Å². The van der Waals surface area contributed by atoms with Crippen LogP contribution in [-0.4, -0.2) is 35.6 Å². The second kappa shape index (κ2) is 5.64. The number of nitrogens with one attached hydrogen (secondary N) is 1. The first-order valence-electron chi connectivity index (χ1n) is 4.90. The molecule has 0 amide bonds.